The highest BCUT2D eigenvalue weighted by Gasteiger charge is 2.57. The van der Waals surface area contributed by atoms with E-state index in [2.05, 4.69) is 5.32 Å². The number of nitrogens with one attached hydrogen (secondary N) is 1. The van der Waals surface area contributed by atoms with Crippen LogP contribution in [0.2, 0.25) is 5.02 Å². The van der Waals surface area contributed by atoms with Crippen LogP contribution in [0.4, 0.5) is 0 Å². The van der Waals surface area contributed by atoms with Crippen LogP contribution < -0.4 is 16.5 Å². The molecule has 2 saturated carbocycles. The zero-order valence-electron chi connectivity index (χ0n) is 15.2. The minimum absolute atomic E-state index is 0.0157. The second-order valence-electron chi connectivity index (χ2n) is 8.55. The molecule has 3 aliphatic rings. The minimum Gasteiger partial charge on any atom is -0.508 e. The Balaban J connectivity index is 1.71. The number of aromatic nitrogens is 1. The number of nitrogens with zero attached hydrogens (tertiary/aromatic N) is 1. The van der Waals surface area contributed by atoms with Crippen molar-refractivity contribution in [3.63, 3.8) is 0 Å². The van der Waals surface area contributed by atoms with Crippen molar-refractivity contribution in [3.05, 3.63) is 38.6 Å². The molecular weight excluding hydrogens is 382 g/mol. The highest BCUT2D eigenvalue weighted by Crippen LogP contribution is 2.65. The van der Waals surface area contributed by atoms with Gasteiger partial charge in [0.1, 0.15) is 11.3 Å². The number of piperidine rings is 1. The van der Waals surface area contributed by atoms with E-state index in [0.717, 1.165) is 38.8 Å². The highest BCUT2D eigenvalue weighted by molar-refractivity contribution is 6.36. The van der Waals surface area contributed by atoms with Crippen LogP contribution in [-0.2, 0) is 0 Å². The van der Waals surface area contributed by atoms with Crippen molar-refractivity contribution in [2.75, 3.05) is 13.1 Å². The fourth-order valence-electron chi connectivity index (χ4n) is 4.95. The summed E-state index contributed by atoms with van der Waals surface area (Å²) >= 11 is 6.78. The number of aromatic carboxylic acids is 1. The van der Waals surface area contributed by atoms with Gasteiger partial charge in [-0.1, -0.05) is 11.6 Å². The number of carboxylic acids is 1. The van der Waals surface area contributed by atoms with Crippen LogP contribution in [-0.4, -0.2) is 39.9 Å². The Morgan fingerprint density at radius 3 is 2.75 bits per heavy atom. The van der Waals surface area contributed by atoms with Gasteiger partial charge in [0.25, 0.3) is 0 Å². The molecule has 1 aromatic carbocycles. The average Bonchev–Trinajstić information content (AvgIpc) is 3.54. The third-order valence-electron chi connectivity index (χ3n) is 6.53. The van der Waals surface area contributed by atoms with Crippen LogP contribution in [0.25, 0.3) is 10.9 Å². The van der Waals surface area contributed by atoms with E-state index >= 15 is 0 Å². The first-order valence-corrected chi connectivity index (χ1v) is 10.00. The maximum atomic E-state index is 12.7. The van der Waals surface area contributed by atoms with E-state index in [4.69, 9.17) is 17.3 Å². The smallest absolute Gasteiger partial charge is 0.341 e. The normalized spacial score (nSPS) is 29.4. The maximum Gasteiger partial charge on any atom is 0.341 e. The Morgan fingerprint density at radius 2 is 2.11 bits per heavy atom. The van der Waals surface area contributed by atoms with Crippen molar-refractivity contribution >= 4 is 28.5 Å². The van der Waals surface area contributed by atoms with Gasteiger partial charge in [0.2, 0.25) is 5.43 Å². The van der Waals surface area contributed by atoms with E-state index in [1.807, 2.05) is 4.57 Å². The van der Waals surface area contributed by atoms with Gasteiger partial charge in [-0.3, -0.25) is 4.79 Å². The highest BCUT2D eigenvalue weighted by atomic mass is 35.5. The molecule has 7 nitrogen and oxygen atoms in total. The Labute approximate surface area is 166 Å². The molecule has 148 valence electrons. The summed E-state index contributed by atoms with van der Waals surface area (Å²) in [4.78, 5) is 24.2. The number of hydrogen-bond donors (Lipinski definition) is 4. The molecule has 28 heavy (non-hydrogen) atoms. The van der Waals surface area contributed by atoms with Gasteiger partial charge < -0.3 is 25.8 Å². The lowest BCUT2D eigenvalue weighted by Gasteiger charge is -2.29. The van der Waals surface area contributed by atoms with Crippen molar-refractivity contribution in [1.82, 2.24) is 9.88 Å². The molecule has 2 heterocycles. The number of benzene rings is 1. The van der Waals surface area contributed by atoms with Crippen LogP contribution in [0.3, 0.4) is 0 Å². The molecule has 0 bridgehead atoms. The van der Waals surface area contributed by atoms with Crippen molar-refractivity contribution < 1.29 is 15.0 Å². The molecule has 1 saturated heterocycles. The topological polar surface area (TPSA) is 118 Å². The number of phenolic OH excluding ortho intramolecular Hbond substituents is 1. The van der Waals surface area contributed by atoms with Gasteiger partial charge >= 0.3 is 5.97 Å². The molecule has 0 amide bonds. The number of carbonyl (C=O) groups is 1. The summed E-state index contributed by atoms with van der Waals surface area (Å²) in [5.74, 6) is -1.24. The van der Waals surface area contributed by atoms with Gasteiger partial charge in [0, 0.05) is 36.9 Å². The molecule has 2 aromatic rings. The lowest BCUT2D eigenvalue weighted by Crippen LogP contribution is -2.45. The molecule has 3 atom stereocenters. The van der Waals surface area contributed by atoms with E-state index in [1.54, 1.807) is 0 Å². The molecule has 5 N–H and O–H groups in total. The van der Waals surface area contributed by atoms with Gasteiger partial charge in [-0.15, -0.1) is 0 Å². The second kappa shape index (κ2) is 5.95. The summed E-state index contributed by atoms with van der Waals surface area (Å²) in [6, 6.07) is 1.60. The third kappa shape index (κ3) is 2.57. The monoisotopic (exact) mass is 403 g/mol. The Bertz CT molecular complexity index is 1080. The number of nitrogens with two attached hydrogens (primary N) is 1. The predicted molar refractivity (Wildman–Crippen MR) is 105 cm³/mol. The van der Waals surface area contributed by atoms with Gasteiger partial charge in [0.05, 0.1) is 15.9 Å². The Morgan fingerprint density at radius 1 is 1.36 bits per heavy atom. The molecule has 1 aromatic heterocycles. The summed E-state index contributed by atoms with van der Waals surface area (Å²) < 4.78 is 1.81. The van der Waals surface area contributed by atoms with E-state index < -0.39 is 11.4 Å². The summed E-state index contributed by atoms with van der Waals surface area (Å²) in [7, 11) is 0. The van der Waals surface area contributed by atoms with Gasteiger partial charge in [-0.05, 0) is 43.1 Å². The third-order valence-corrected chi connectivity index (χ3v) is 6.92. The van der Waals surface area contributed by atoms with Gasteiger partial charge in [-0.2, -0.15) is 0 Å². The first-order chi connectivity index (χ1) is 13.3. The lowest BCUT2D eigenvalue weighted by molar-refractivity contribution is 0.0695. The molecule has 0 radical (unpaired) electrons. The standard InChI is InChI=1S/C20H22ClN3O4/c21-16-15(13-5-20(13)4-9(22)6-23-8-20)14(25)3-11-17(16)24(10-1-2-10)7-12(18(11)26)19(27)28/h3,7,9-10,13,23,25H,1-2,4-6,8,22H2,(H,27,28). The number of aromatic hydroxyl groups is 1. The number of fused-ring (bicyclic) bond motifs is 1. The van der Waals surface area contributed by atoms with E-state index in [1.165, 1.54) is 12.3 Å². The molecular formula is C20H22ClN3O4. The summed E-state index contributed by atoms with van der Waals surface area (Å²) in [5.41, 5.74) is 6.39. The molecule has 1 aliphatic heterocycles. The molecule has 1 spiro atoms. The summed E-state index contributed by atoms with van der Waals surface area (Å²) in [6.07, 6.45) is 4.97. The zero-order valence-corrected chi connectivity index (χ0v) is 16.0. The summed E-state index contributed by atoms with van der Waals surface area (Å²) in [5, 5.41) is 24.0. The van der Waals surface area contributed by atoms with Crippen LogP contribution in [0.15, 0.2) is 17.1 Å². The van der Waals surface area contributed by atoms with E-state index in [9.17, 15) is 19.8 Å². The van der Waals surface area contributed by atoms with E-state index in [0.29, 0.717) is 16.1 Å². The predicted octanol–water partition coefficient (Wildman–Crippen LogP) is 2.19. The molecule has 5 rings (SSSR count). The number of rotatable bonds is 3. The quantitative estimate of drug-likeness (QED) is 0.624. The molecule has 3 fully saturated rings. The van der Waals surface area contributed by atoms with Crippen LogP contribution >= 0.6 is 11.6 Å². The number of carboxylic acid groups (broad SMARTS) is 1. The fourth-order valence-corrected chi connectivity index (χ4v) is 5.38. The maximum absolute atomic E-state index is 12.7. The van der Waals surface area contributed by atoms with Crippen molar-refractivity contribution in [3.8, 4) is 5.75 Å². The van der Waals surface area contributed by atoms with Crippen molar-refractivity contribution in [2.45, 2.75) is 43.7 Å². The molecule has 8 heteroatoms. The Kier molecular flexibility index (Phi) is 3.82. The number of phenols is 1. The van der Waals surface area contributed by atoms with Crippen LogP contribution in [0.5, 0.6) is 5.75 Å². The first-order valence-electron chi connectivity index (χ1n) is 9.62. The van der Waals surface area contributed by atoms with Crippen molar-refractivity contribution in [1.29, 1.82) is 0 Å². The zero-order chi connectivity index (χ0) is 19.8. The largest absolute Gasteiger partial charge is 0.508 e. The van der Waals surface area contributed by atoms with Gasteiger partial charge in [-0.25, -0.2) is 4.79 Å². The SMILES string of the molecule is NC1CNCC2(C1)CC2c1c(O)cc2c(=O)c(C(=O)O)cn(C3CC3)c2c1Cl. The second-order valence-corrected chi connectivity index (χ2v) is 8.93. The number of pyridine rings is 1. The Hall–Kier alpha value is -2.09. The van der Waals surface area contributed by atoms with Gasteiger partial charge in [0.15, 0.2) is 0 Å². The lowest BCUT2D eigenvalue weighted by atomic mass is 9.88. The first kappa shape index (κ1) is 18.0. The molecule has 2 aliphatic carbocycles. The van der Waals surface area contributed by atoms with Crippen molar-refractivity contribution in [2.24, 2.45) is 11.1 Å². The average molecular weight is 404 g/mol. The van der Waals surface area contributed by atoms with Crippen LogP contribution in [0, 0.1) is 5.41 Å². The number of hydrogen-bond acceptors (Lipinski definition) is 5. The fraction of sp³-hybridized carbons (Fsp3) is 0.500. The minimum atomic E-state index is -1.27. The molecule has 3 unspecified atom stereocenters. The van der Waals surface area contributed by atoms with E-state index in [-0.39, 0.29) is 40.1 Å². The number of halogens is 1. The summed E-state index contributed by atoms with van der Waals surface area (Å²) in [6.45, 7) is 1.61. The van der Waals surface area contributed by atoms with Crippen LogP contribution in [0.1, 0.15) is 53.6 Å².